The number of aliphatic hydroxyl groups excluding tert-OH is 1. The van der Waals surface area contributed by atoms with Crippen molar-refractivity contribution in [1.82, 2.24) is 4.90 Å². The maximum absolute atomic E-state index is 11.0. The quantitative estimate of drug-likeness (QED) is 0.902. The molecule has 1 N–H and O–H groups in total. The van der Waals surface area contributed by atoms with Crippen molar-refractivity contribution >= 4 is 22.8 Å². The van der Waals surface area contributed by atoms with Crippen LogP contribution in [-0.2, 0) is 4.79 Å². The normalized spacial score (nSPS) is 19.2. The molecule has 0 aliphatic carbocycles. The zero-order valence-corrected chi connectivity index (χ0v) is 11.1. The molecule has 4 nitrogen and oxygen atoms in total. The summed E-state index contributed by atoms with van der Waals surface area (Å²) in [5.74, 6) is 0.715. The highest BCUT2D eigenvalue weighted by Crippen LogP contribution is 2.22. The van der Waals surface area contributed by atoms with E-state index in [9.17, 15) is 9.90 Å². The molecule has 1 saturated heterocycles. The van der Waals surface area contributed by atoms with Crippen molar-refractivity contribution in [3.63, 3.8) is 0 Å². The van der Waals surface area contributed by atoms with Gasteiger partial charge in [0, 0.05) is 19.2 Å². The lowest BCUT2D eigenvalue weighted by atomic mass is 10.1. The maximum atomic E-state index is 11.0. The summed E-state index contributed by atoms with van der Waals surface area (Å²) in [5, 5.41) is 10.9. The van der Waals surface area contributed by atoms with Gasteiger partial charge in [0.15, 0.2) is 5.17 Å². The fourth-order valence-electron chi connectivity index (χ4n) is 1.83. The molecule has 1 aliphatic rings. The molecule has 18 heavy (non-hydrogen) atoms. The van der Waals surface area contributed by atoms with E-state index in [0.29, 0.717) is 6.54 Å². The third kappa shape index (κ3) is 3.34. The number of benzene rings is 1. The molecule has 1 heterocycles. The summed E-state index contributed by atoms with van der Waals surface area (Å²) in [6.07, 6.45) is -0.554. The van der Waals surface area contributed by atoms with Gasteiger partial charge in [0.25, 0.3) is 0 Å². The van der Waals surface area contributed by atoms with Crippen molar-refractivity contribution in [3.05, 3.63) is 35.9 Å². The fraction of sp³-hybridized carbons (Fsp3) is 0.385. The Morgan fingerprint density at radius 3 is 2.89 bits per heavy atom. The molecule has 0 bridgehead atoms. The van der Waals surface area contributed by atoms with Crippen molar-refractivity contribution in [2.45, 2.75) is 13.0 Å². The average molecular weight is 264 g/mol. The Morgan fingerprint density at radius 1 is 1.50 bits per heavy atom. The number of carbonyl (C=O) groups excluding carboxylic acids is 1. The Hall–Kier alpha value is -1.33. The number of amidine groups is 1. The van der Waals surface area contributed by atoms with Crippen LogP contribution in [0.25, 0.3) is 0 Å². The van der Waals surface area contributed by atoms with E-state index in [1.807, 2.05) is 35.2 Å². The highest BCUT2D eigenvalue weighted by Gasteiger charge is 2.22. The molecule has 0 radical (unpaired) electrons. The second-order valence-electron chi connectivity index (χ2n) is 4.13. The number of nitrogens with zero attached hydrogens (tertiary/aromatic N) is 2. The van der Waals surface area contributed by atoms with Crippen LogP contribution < -0.4 is 0 Å². The molecule has 0 unspecified atom stereocenters. The highest BCUT2D eigenvalue weighted by molar-refractivity contribution is 8.14. The standard InChI is InChI=1S/C13H16N2O2S/c1-10(16)14-13-15(7-8-18-13)9-12(17)11-5-3-2-4-6-11/h2-6,12,17H,7-9H2,1H3/t12-/m1/s1. The molecule has 1 aliphatic heterocycles. The van der Waals surface area contributed by atoms with E-state index >= 15 is 0 Å². The Balaban J connectivity index is 2.03. The van der Waals surface area contributed by atoms with Gasteiger partial charge in [-0.3, -0.25) is 4.79 Å². The minimum Gasteiger partial charge on any atom is -0.387 e. The second-order valence-corrected chi connectivity index (χ2v) is 5.20. The number of aliphatic imine (C=N–C) groups is 1. The molecule has 1 aromatic rings. The number of aliphatic hydroxyl groups is 1. The van der Waals surface area contributed by atoms with Gasteiger partial charge >= 0.3 is 0 Å². The van der Waals surface area contributed by atoms with Gasteiger partial charge in [0.1, 0.15) is 0 Å². The van der Waals surface area contributed by atoms with E-state index in [0.717, 1.165) is 23.0 Å². The molecule has 1 aromatic carbocycles. The van der Waals surface area contributed by atoms with Crippen LogP contribution in [0, 0.1) is 0 Å². The highest BCUT2D eigenvalue weighted by atomic mass is 32.2. The number of carbonyl (C=O) groups is 1. The van der Waals surface area contributed by atoms with Gasteiger partial charge in [-0.2, -0.15) is 4.99 Å². The van der Waals surface area contributed by atoms with E-state index in [4.69, 9.17) is 0 Å². The average Bonchev–Trinajstić information content (AvgIpc) is 2.77. The zero-order valence-electron chi connectivity index (χ0n) is 10.2. The summed E-state index contributed by atoms with van der Waals surface area (Å²) in [6, 6.07) is 9.53. The predicted octanol–water partition coefficient (Wildman–Crippen LogP) is 1.67. The van der Waals surface area contributed by atoms with Crippen LogP contribution >= 0.6 is 11.8 Å². The minimum atomic E-state index is -0.554. The number of hydrogen-bond donors (Lipinski definition) is 1. The summed E-state index contributed by atoms with van der Waals surface area (Å²) in [4.78, 5) is 16.9. The van der Waals surface area contributed by atoms with Crippen LogP contribution in [-0.4, -0.2) is 39.9 Å². The van der Waals surface area contributed by atoms with Crippen molar-refractivity contribution in [2.24, 2.45) is 4.99 Å². The Kier molecular flexibility index (Phi) is 4.38. The summed E-state index contributed by atoms with van der Waals surface area (Å²) in [6.45, 7) is 2.74. The Labute approximate surface area is 111 Å². The Morgan fingerprint density at radius 2 is 2.22 bits per heavy atom. The Bertz CT molecular complexity index is 448. The summed E-state index contributed by atoms with van der Waals surface area (Å²) in [5.41, 5.74) is 0.886. The molecular formula is C13H16N2O2S. The van der Waals surface area contributed by atoms with Gasteiger partial charge in [-0.25, -0.2) is 0 Å². The molecule has 0 saturated carbocycles. The number of amides is 1. The lowest BCUT2D eigenvalue weighted by Gasteiger charge is -2.21. The molecule has 1 atom stereocenters. The van der Waals surface area contributed by atoms with Crippen molar-refractivity contribution in [1.29, 1.82) is 0 Å². The molecular weight excluding hydrogens is 248 g/mol. The third-order valence-electron chi connectivity index (χ3n) is 2.69. The van der Waals surface area contributed by atoms with Gasteiger partial charge in [0.05, 0.1) is 12.6 Å². The zero-order chi connectivity index (χ0) is 13.0. The van der Waals surface area contributed by atoms with Crippen LogP contribution in [0.15, 0.2) is 35.3 Å². The van der Waals surface area contributed by atoms with Crippen LogP contribution in [0.4, 0.5) is 0 Å². The van der Waals surface area contributed by atoms with Gasteiger partial charge in [-0.1, -0.05) is 42.1 Å². The fourth-order valence-corrected chi connectivity index (χ4v) is 2.87. The number of rotatable bonds is 3. The SMILES string of the molecule is CC(=O)N=C1SCCN1C[C@@H](O)c1ccccc1. The van der Waals surface area contributed by atoms with Gasteiger partial charge in [0.2, 0.25) is 5.91 Å². The van der Waals surface area contributed by atoms with Crippen LogP contribution in [0.3, 0.4) is 0 Å². The second kappa shape index (κ2) is 6.02. The van der Waals surface area contributed by atoms with Crippen molar-refractivity contribution in [2.75, 3.05) is 18.8 Å². The monoisotopic (exact) mass is 264 g/mol. The van der Waals surface area contributed by atoms with Crippen molar-refractivity contribution < 1.29 is 9.90 Å². The molecule has 0 aromatic heterocycles. The molecule has 2 rings (SSSR count). The molecule has 1 amide bonds. The molecule has 0 spiro atoms. The smallest absolute Gasteiger partial charge is 0.244 e. The summed E-state index contributed by atoms with van der Waals surface area (Å²) < 4.78 is 0. The largest absolute Gasteiger partial charge is 0.387 e. The maximum Gasteiger partial charge on any atom is 0.244 e. The van der Waals surface area contributed by atoms with E-state index in [-0.39, 0.29) is 5.91 Å². The lowest BCUT2D eigenvalue weighted by Crippen LogP contribution is -2.30. The van der Waals surface area contributed by atoms with Crippen LogP contribution in [0.1, 0.15) is 18.6 Å². The number of hydrogen-bond acceptors (Lipinski definition) is 3. The van der Waals surface area contributed by atoms with Gasteiger partial charge in [-0.05, 0) is 5.56 Å². The van der Waals surface area contributed by atoms with Crippen LogP contribution in [0.5, 0.6) is 0 Å². The molecule has 1 fully saturated rings. The summed E-state index contributed by atoms with van der Waals surface area (Å²) >= 11 is 1.56. The third-order valence-corrected chi connectivity index (χ3v) is 3.69. The first-order valence-corrected chi connectivity index (χ1v) is 6.85. The predicted molar refractivity (Wildman–Crippen MR) is 73.5 cm³/mol. The van der Waals surface area contributed by atoms with E-state index in [1.54, 1.807) is 11.8 Å². The van der Waals surface area contributed by atoms with E-state index in [1.165, 1.54) is 6.92 Å². The number of thioether (sulfide) groups is 1. The van der Waals surface area contributed by atoms with Gasteiger partial charge < -0.3 is 10.0 Å². The molecule has 5 heteroatoms. The van der Waals surface area contributed by atoms with E-state index in [2.05, 4.69) is 4.99 Å². The van der Waals surface area contributed by atoms with Gasteiger partial charge in [-0.15, -0.1) is 0 Å². The van der Waals surface area contributed by atoms with Crippen LogP contribution in [0.2, 0.25) is 0 Å². The lowest BCUT2D eigenvalue weighted by molar-refractivity contribution is -0.115. The summed E-state index contributed by atoms with van der Waals surface area (Å²) in [7, 11) is 0. The minimum absolute atomic E-state index is 0.196. The first-order valence-electron chi connectivity index (χ1n) is 5.87. The topological polar surface area (TPSA) is 52.9 Å². The first-order chi connectivity index (χ1) is 8.66. The van der Waals surface area contributed by atoms with E-state index < -0.39 is 6.10 Å². The van der Waals surface area contributed by atoms with Crippen molar-refractivity contribution in [3.8, 4) is 0 Å². The first kappa shape index (κ1) is 13.1. The molecule has 96 valence electrons. The number of β-amino-alcohol motifs (C(OH)–C–C–N with tert-alkyl or cyclic N) is 1.